The second kappa shape index (κ2) is 8.75. The van der Waals surface area contributed by atoms with E-state index in [1.807, 2.05) is 61.3 Å². The van der Waals surface area contributed by atoms with E-state index in [9.17, 15) is 8.78 Å². The molecule has 0 radical (unpaired) electrons. The maximum absolute atomic E-state index is 14.1. The predicted molar refractivity (Wildman–Crippen MR) is 121 cm³/mol. The first kappa shape index (κ1) is 21.3. The van der Waals surface area contributed by atoms with Gasteiger partial charge in [-0.15, -0.1) is 0 Å². The van der Waals surface area contributed by atoms with Crippen molar-refractivity contribution in [2.24, 2.45) is 0 Å². The van der Waals surface area contributed by atoms with Crippen molar-refractivity contribution in [3.05, 3.63) is 95.1 Å². The average molecular weight is 450 g/mol. The fraction of sp³-hybridized carbons (Fsp3) is 0.231. The Morgan fingerprint density at radius 1 is 0.939 bits per heavy atom. The molecule has 0 aliphatic carbocycles. The van der Waals surface area contributed by atoms with Crippen LogP contribution in [0.2, 0.25) is 0 Å². The smallest absolute Gasteiger partial charge is 0.196 e. The van der Waals surface area contributed by atoms with Crippen LogP contribution in [0, 0.1) is 11.6 Å². The number of halogens is 2. The topological polar surface area (TPSA) is 43.0 Å². The van der Waals surface area contributed by atoms with Crippen LogP contribution in [0.3, 0.4) is 0 Å². The molecule has 0 saturated heterocycles. The van der Waals surface area contributed by atoms with Crippen LogP contribution >= 0.6 is 0 Å². The van der Waals surface area contributed by atoms with Crippen molar-refractivity contribution in [1.29, 1.82) is 0 Å². The molecule has 0 bridgehead atoms. The van der Waals surface area contributed by atoms with Crippen molar-refractivity contribution in [1.82, 2.24) is 10.4 Å². The largest absolute Gasteiger partial charge is 0.494 e. The summed E-state index contributed by atoms with van der Waals surface area (Å²) in [5, 5.41) is 1.90. The first-order valence-corrected chi connectivity index (χ1v) is 11.0. The molecule has 2 aliphatic heterocycles. The summed E-state index contributed by atoms with van der Waals surface area (Å²) in [5.41, 5.74) is 6.68. The summed E-state index contributed by atoms with van der Waals surface area (Å²) in [6.07, 6.45) is 1.40. The summed E-state index contributed by atoms with van der Waals surface area (Å²) in [4.78, 5) is 0. The molecule has 2 atom stereocenters. The van der Waals surface area contributed by atoms with Gasteiger partial charge in [-0.1, -0.05) is 18.2 Å². The molecule has 1 N–H and O–H groups in total. The molecule has 2 aliphatic rings. The van der Waals surface area contributed by atoms with Crippen LogP contribution in [0.15, 0.2) is 66.7 Å². The minimum Gasteiger partial charge on any atom is -0.494 e. The number of hydrogen-bond donors (Lipinski definition) is 1. The lowest BCUT2D eigenvalue weighted by atomic mass is 10.00. The highest BCUT2D eigenvalue weighted by atomic mass is 19.2. The lowest BCUT2D eigenvalue weighted by Gasteiger charge is -2.39. The van der Waals surface area contributed by atoms with Crippen molar-refractivity contribution in [3.63, 3.8) is 0 Å². The molecule has 5 rings (SSSR count). The van der Waals surface area contributed by atoms with Crippen LogP contribution in [0.4, 0.5) is 8.78 Å². The van der Waals surface area contributed by atoms with E-state index in [1.165, 1.54) is 12.1 Å². The molecular weight excluding hydrogens is 426 g/mol. The van der Waals surface area contributed by atoms with Gasteiger partial charge in [0.05, 0.1) is 25.0 Å². The fourth-order valence-corrected chi connectivity index (χ4v) is 4.21. The van der Waals surface area contributed by atoms with Gasteiger partial charge < -0.3 is 19.6 Å². The summed E-state index contributed by atoms with van der Waals surface area (Å²) in [7, 11) is 0. The highest BCUT2D eigenvalue weighted by Gasteiger charge is 2.41. The average Bonchev–Trinajstić information content (AvgIpc) is 3.27. The summed E-state index contributed by atoms with van der Waals surface area (Å²) >= 11 is 0. The SMILES string of the molecule is CCOc1ccc(C2=CC3c4cccc(OCC)c4OC(c4ccc(F)c(F)c4)N3N2)cc1. The Morgan fingerprint density at radius 3 is 2.45 bits per heavy atom. The molecule has 2 heterocycles. The highest BCUT2D eigenvalue weighted by Crippen LogP contribution is 2.49. The number of fused-ring (bicyclic) bond motifs is 3. The standard InChI is InChI=1S/C26H24F2N2O3/c1-3-31-18-11-8-16(9-12-18)22-15-23-19-6-5-7-24(32-4-2)25(19)33-26(30(23)29-22)17-10-13-20(27)21(28)14-17/h5-15,23,26,29H,3-4H2,1-2H3. The Balaban J connectivity index is 1.57. The molecule has 0 amide bonds. The first-order chi connectivity index (χ1) is 16.1. The van der Waals surface area contributed by atoms with Crippen LogP contribution in [-0.2, 0) is 0 Å². The molecular formula is C26H24F2N2O3. The van der Waals surface area contributed by atoms with E-state index in [0.717, 1.165) is 28.6 Å². The Bertz CT molecular complexity index is 1200. The van der Waals surface area contributed by atoms with Crippen molar-refractivity contribution in [2.75, 3.05) is 13.2 Å². The fourth-order valence-electron chi connectivity index (χ4n) is 4.21. The second-order valence-corrected chi connectivity index (χ2v) is 7.75. The molecule has 3 aromatic carbocycles. The van der Waals surface area contributed by atoms with Gasteiger partial charge in [-0.05, 0) is 68.0 Å². The van der Waals surface area contributed by atoms with E-state index in [0.29, 0.717) is 30.3 Å². The monoisotopic (exact) mass is 450 g/mol. The number of para-hydroxylation sites is 1. The van der Waals surface area contributed by atoms with E-state index in [4.69, 9.17) is 14.2 Å². The molecule has 170 valence electrons. The van der Waals surface area contributed by atoms with Crippen molar-refractivity contribution < 1.29 is 23.0 Å². The zero-order chi connectivity index (χ0) is 22.9. The zero-order valence-electron chi connectivity index (χ0n) is 18.3. The highest BCUT2D eigenvalue weighted by molar-refractivity contribution is 5.68. The quantitative estimate of drug-likeness (QED) is 0.518. The van der Waals surface area contributed by atoms with Gasteiger partial charge in [-0.3, -0.25) is 0 Å². The van der Waals surface area contributed by atoms with Gasteiger partial charge in [0.15, 0.2) is 29.4 Å². The van der Waals surface area contributed by atoms with Crippen molar-refractivity contribution >= 4 is 5.70 Å². The van der Waals surface area contributed by atoms with Gasteiger partial charge in [0.2, 0.25) is 0 Å². The lowest BCUT2D eigenvalue weighted by Crippen LogP contribution is -2.43. The first-order valence-electron chi connectivity index (χ1n) is 11.0. The molecule has 0 spiro atoms. The van der Waals surface area contributed by atoms with E-state index >= 15 is 0 Å². The summed E-state index contributed by atoms with van der Waals surface area (Å²) in [6, 6.07) is 17.2. The maximum atomic E-state index is 14.1. The molecule has 3 aromatic rings. The third kappa shape index (κ3) is 3.89. The van der Waals surface area contributed by atoms with E-state index in [2.05, 4.69) is 11.5 Å². The molecule has 5 nitrogen and oxygen atoms in total. The molecule has 0 saturated carbocycles. The van der Waals surface area contributed by atoms with Gasteiger partial charge >= 0.3 is 0 Å². The number of hydrazine groups is 1. The molecule has 33 heavy (non-hydrogen) atoms. The number of rotatable bonds is 6. The van der Waals surface area contributed by atoms with Crippen molar-refractivity contribution in [2.45, 2.75) is 26.1 Å². The van der Waals surface area contributed by atoms with Gasteiger partial charge in [-0.25, -0.2) is 8.78 Å². The van der Waals surface area contributed by atoms with Crippen LogP contribution in [0.25, 0.3) is 5.70 Å². The molecule has 0 aromatic heterocycles. The maximum Gasteiger partial charge on any atom is 0.196 e. The third-order valence-electron chi connectivity index (χ3n) is 5.69. The van der Waals surface area contributed by atoms with Crippen LogP contribution in [0.5, 0.6) is 17.2 Å². The van der Waals surface area contributed by atoms with Gasteiger partial charge in [-0.2, -0.15) is 5.01 Å². The van der Waals surface area contributed by atoms with E-state index < -0.39 is 17.9 Å². The minimum absolute atomic E-state index is 0.200. The molecule has 2 unspecified atom stereocenters. The van der Waals surface area contributed by atoms with E-state index in [1.54, 1.807) is 0 Å². The predicted octanol–water partition coefficient (Wildman–Crippen LogP) is 5.76. The Morgan fingerprint density at radius 2 is 1.73 bits per heavy atom. The van der Waals surface area contributed by atoms with Crippen LogP contribution in [0.1, 0.15) is 42.8 Å². The minimum atomic E-state index is -0.921. The second-order valence-electron chi connectivity index (χ2n) is 7.75. The number of nitrogens with zero attached hydrogens (tertiary/aromatic N) is 1. The number of ether oxygens (including phenoxy) is 3. The molecule has 7 heteroatoms. The van der Waals surface area contributed by atoms with Gasteiger partial charge in [0, 0.05) is 11.1 Å². The summed E-state index contributed by atoms with van der Waals surface area (Å²) < 4.78 is 45.4. The van der Waals surface area contributed by atoms with Gasteiger partial charge in [0.25, 0.3) is 0 Å². The Labute approximate surface area is 191 Å². The summed E-state index contributed by atoms with van der Waals surface area (Å²) in [5.74, 6) is 0.193. The summed E-state index contributed by atoms with van der Waals surface area (Å²) in [6.45, 7) is 4.93. The van der Waals surface area contributed by atoms with E-state index in [-0.39, 0.29) is 6.04 Å². The van der Waals surface area contributed by atoms with Crippen LogP contribution < -0.4 is 19.6 Å². The number of benzene rings is 3. The Kier molecular flexibility index (Phi) is 5.64. The normalized spacial score (nSPS) is 19.1. The Hall–Kier alpha value is -3.58. The van der Waals surface area contributed by atoms with Gasteiger partial charge in [0.1, 0.15) is 5.75 Å². The number of nitrogens with one attached hydrogen (secondary N) is 1. The third-order valence-corrected chi connectivity index (χ3v) is 5.69. The zero-order valence-corrected chi connectivity index (χ0v) is 18.3. The lowest BCUT2D eigenvalue weighted by molar-refractivity contribution is -0.0347. The van der Waals surface area contributed by atoms with Crippen LogP contribution in [-0.4, -0.2) is 18.2 Å². The molecule has 0 fully saturated rings. The number of hydrogen-bond acceptors (Lipinski definition) is 5. The van der Waals surface area contributed by atoms with Crippen molar-refractivity contribution in [3.8, 4) is 17.2 Å².